The number of Topliss-reactive ketones (excluding diaryl/α,β-unsaturated/α-hetero) is 1. The molecule has 1 saturated carbocycles. The lowest BCUT2D eigenvalue weighted by molar-refractivity contribution is -0.125. The number of halogens is 2. The summed E-state index contributed by atoms with van der Waals surface area (Å²) in [7, 11) is 0. The second-order valence-corrected chi connectivity index (χ2v) is 5.70. The lowest BCUT2D eigenvalue weighted by Gasteiger charge is -2.27. The molecular weight excluding hydrogens is 302 g/mol. The number of carbonyl (C=O) groups is 1. The van der Waals surface area contributed by atoms with Crippen molar-refractivity contribution in [3.05, 3.63) is 34.3 Å². The average Bonchev–Trinajstić information content (AvgIpc) is 2.50. The van der Waals surface area contributed by atoms with Gasteiger partial charge in [0.25, 0.3) is 0 Å². The highest BCUT2D eigenvalue weighted by Crippen LogP contribution is 2.36. The smallest absolute Gasteiger partial charge is 0.140 e. The molecule has 0 aliphatic heterocycles. The number of benzene rings is 1. The largest absolute Gasteiger partial charge is 0.327 e. The van der Waals surface area contributed by atoms with Crippen LogP contribution in [0.2, 0.25) is 0 Å². The molecule has 94 valence electrons. The molecule has 1 aromatic rings. The molecule has 0 aromatic heterocycles. The molecule has 2 atom stereocenters. The number of ketones is 1. The Morgan fingerprint density at radius 3 is 2.47 bits per heavy atom. The van der Waals surface area contributed by atoms with Crippen LogP contribution in [0.4, 0.5) is 0 Å². The van der Waals surface area contributed by atoms with E-state index in [1.807, 2.05) is 31.2 Å². The summed E-state index contributed by atoms with van der Waals surface area (Å²) in [6.07, 6.45) is 2.21. The van der Waals surface area contributed by atoms with Gasteiger partial charge in [0.1, 0.15) is 5.78 Å². The first kappa shape index (κ1) is 14.7. The van der Waals surface area contributed by atoms with Crippen LogP contribution in [0.3, 0.4) is 0 Å². The zero-order valence-corrected chi connectivity index (χ0v) is 12.2. The highest BCUT2D eigenvalue weighted by molar-refractivity contribution is 9.10. The maximum atomic E-state index is 11.9. The van der Waals surface area contributed by atoms with Crippen molar-refractivity contribution in [3.63, 3.8) is 0 Å². The minimum absolute atomic E-state index is 0. The Morgan fingerprint density at radius 1 is 1.41 bits per heavy atom. The predicted octanol–water partition coefficient (Wildman–Crippen LogP) is 3.11. The predicted molar refractivity (Wildman–Crippen MR) is 75.4 cm³/mol. The quantitative estimate of drug-likeness (QED) is 0.910. The number of rotatable bonds is 2. The van der Waals surface area contributed by atoms with Gasteiger partial charge in [0.15, 0.2) is 0 Å². The molecule has 1 aromatic carbocycles. The van der Waals surface area contributed by atoms with Crippen LogP contribution in [-0.2, 0) is 11.2 Å². The van der Waals surface area contributed by atoms with Crippen molar-refractivity contribution in [3.8, 4) is 0 Å². The molecule has 0 saturated heterocycles. The minimum Gasteiger partial charge on any atom is -0.327 e. The van der Waals surface area contributed by atoms with E-state index in [1.54, 1.807) is 0 Å². The van der Waals surface area contributed by atoms with Crippen LogP contribution in [0.5, 0.6) is 0 Å². The molecular formula is C13H17BrClNO. The zero-order valence-electron chi connectivity index (χ0n) is 9.78. The third kappa shape index (κ3) is 2.90. The summed E-state index contributed by atoms with van der Waals surface area (Å²) in [5.74, 6) is 0.308. The highest BCUT2D eigenvalue weighted by atomic mass is 79.9. The Bertz CT molecular complexity index is 406. The standard InChI is InChI=1S/C13H16BrNO.ClH/c1-13(11(15)6-7-12(13)16)8-9-2-4-10(14)5-3-9;/h2-5,11H,6-8,15H2,1H3;1H/t11-,13-;/m1./s1. The average molecular weight is 319 g/mol. The van der Waals surface area contributed by atoms with E-state index in [9.17, 15) is 4.79 Å². The molecule has 2 rings (SSSR count). The van der Waals surface area contributed by atoms with Gasteiger partial charge in [0.05, 0.1) is 0 Å². The molecule has 1 fully saturated rings. The van der Waals surface area contributed by atoms with Gasteiger partial charge in [-0.2, -0.15) is 0 Å². The summed E-state index contributed by atoms with van der Waals surface area (Å²) in [5.41, 5.74) is 6.86. The Kier molecular flexibility index (Phi) is 4.76. The molecule has 0 heterocycles. The molecule has 4 heteroatoms. The van der Waals surface area contributed by atoms with Crippen molar-refractivity contribution in [2.24, 2.45) is 11.1 Å². The molecule has 0 amide bonds. The van der Waals surface area contributed by atoms with Crippen molar-refractivity contribution in [2.45, 2.75) is 32.2 Å². The molecule has 2 nitrogen and oxygen atoms in total. The fraction of sp³-hybridized carbons (Fsp3) is 0.462. The van der Waals surface area contributed by atoms with Crippen molar-refractivity contribution >= 4 is 34.1 Å². The van der Waals surface area contributed by atoms with Crippen molar-refractivity contribution in [2.75, 3.05) is 0 Å². The van der Waals surface area contributed by atoms with E-state index in [0.29, 0.717) is 12.2 Å². The van der Waals surface area contributed by atoms with Gasteiger partial charge in [0.2, 0.25) is 0 Å². The van der Waals surface area contributed by atoms with Crippen LogP contribution in [0.25, 0.3) is 0 Å². The van der Waals surface area contributed by atoms with Gasteiger partial charge in [-0.05, 0) is 30.5 Å². The minimum atomic E-state index is -0.367. The third-order valence-electron chi connectivity index (χ3n) is 3.62. The number of hydrogen-bond donors (Lipinski definition) is 1. The van der Waals surface area contributed by atoms with Gasteiger partial charge in [-0.1, -0.05) is 35.0 Å². The van der Waals surface area contributed by atoms with E-state index in [2.05, 4.69) is 15.9 Å². The van der Waals surface area contributed by atoms with Gasteiger partial charge in [0, 0.05) is 22.4 Å². The lowest BCUT2D eigenvalue weighted by Crippen LogP contribution is -2.40. The number of hydrogen-bond acceptors (Lipinski definition) is 2. The van der Waals surface area contributed by atoms with Crippen molar-refractivity contribution in [1.82, 2.24) is 0 Å². The first-order valence-electron chi connectivity index (χ1n) is 5.56. The van der Waals surface area contributed by atoms with Crippen molar-refractivity contribution in [1.29, 1.82) is 0 Å². The topological polar surface area (TPSA) is 43.1 Å². The SMILES string of the molecule is C[C@]1(Cc2ccc(Br)cc2)C(=O)CC[C@H]1N.Cl. The molecule has 2 N–H and O–H groups in total. The number of nitrogens with two attached hydrogens (primary N) is 1. The van der Waals surface area contributed by atoms with E-state index in [-0.39, 0.29) is 23.9 Å². The summed E-state index contributed by atoms with van der Waals surface area (Å²) in [6.45, 7) is 2.00. The van der Waals surface area contributed by atoms with Crippen LogP contribution >= 0.6 is 28.3 Å². The van der Waals surface area contributed by atoms with Gasteiger partial charge in [-0.25, -0.2) is 0 Å². The summed E-state index contributed by atoms with van der Waals surface area (Å²) >= 11 is 3.40. The van der Waals surface area contributed by atoms with E-state index in [1.165, 1.54) is 5.56 Å². The van der Waals surface area contributed by atoms with E-state index in [4.69, 9.17) is 5.73 Å². The fourth-order valence-corrected chi connectivity index (χ4v) is 2.62. The maximum Gasteiger partial charge on any atom is 0.140 e. The van der Waals surface area contributed by atoms with Crippen LogP contribution < -0.4 is 5.73 Å². The van der Waals surface area contributed by atoms with Gasteiger partial charge < -0.3 is 5.73 Å². The molecule has 1 aliphatic carbocycles. The first-order valence-corrected chi connectivity index (χ1v) is 6.35. The van der Waals surface area contributed by atoms with E-state index >= 15 is 0 Å². The Morgan fingerprint density at radius 2 is 2.00 bits per heavy atom. The highest BCUT2D eigenvalue weighted by Gasteiger charge is 2.43. The maximum absolute atomic E-state index is 11.9. The molecule has 0 spiro atoms. The first-order chi connectivity index (χ1) is 7.52. The van der Waals surface area contributed by atoms with Gasteiger partial charge in [-0.15, -0.1) is 12.4 Å². The summed E-state index contributed by atoms with van der Waals surface area (Å²) in [6, 6.07) is 8.11. The monoisotopic (exact) mass is 317 g/mol. The lowest BCUT2D eigenvalue weighted by atomic mass is 9.78. The molecule has 0 radical (unpaired) electrons. The van der Waals surface area contributed by atoms with Crippen LogP contribution in [-0.4, -0.2) is 11.8 Å². The zero-order chi connectivity index (χ0) is 11.8. The third-order valence-corrected chi connectivity index (χ3v) is 4.15. The van der Waals surface area contributed by atoms with E-state index < -0.39 is 0 Å². The second kappa shape index (κ2) is 5.51. The van der Waals surface area contributed by atoms with Gasteiger partial charge in [-0.3, -0.25) is 4.79 Å². The molecule has 0 unspecified atom stereocenters. The van der Waals surface area contributed by atoms with Crippen LogP contribution in [0, 0.1) is 5.41 Å². The molecule has 0 bridgehead atoms. The Hall–Kier alpha value is -0.380. The fourth-order valence-electron chi connectivity index (χ4n) is 2.35. The summed E-state index contributed by atoms with van der Waals surface area (Å²) < 4.78 is 1.06. The molecule has 1 aliphatic rings. The Labute approximate surface area is 117 Å². The van der Waals surface area contributed by atoms with Gasteiger partial charge >= 0.3 is 0 Å². The Balaban J connectivity index is 0.00000144. The summed E-state index contributed by atoms with van der Waals surface area (Å²) in [4.78, 5) is 11.9. The normalized spacial score (nSPS) is 27.9. The van der Waals surface area contributed by atoms with Crippen molar-refractivity contribution < 1.29 is 4.79 Å². The molecule has 17 heavy (non-hydrogen) atoms. The second-order valence-electron chi connectivity index (χ2n) is 4.79. The summed E-state index contributed by atoms with van der Waals surface area (Å²) in [5, 5.41) is 0. The van der Waals surface area contributed by atoms with E-state index in [0.717, 1.165) is 17.3 Å². The van der Waals surface area contributed by atoms with Crippen LogP contribution in [0.15, 0.2) is 28.7 Å². The van der Waals surface area contributed by atoms with Crippen LogP contribution in [0.1, 0.15) is 25.3 Å². The number of carbonyl (C=O) groups excluding carboxylic acids is 1.